The van der Waals surface area contributed by atoms with Gasteiger partial charge in [0.05, 0.1) is 31.4 Å². The first-order valence-corrected chi connectivity index (χ1v) is 20.6. The molecule has 11 atom stereocenters. The molecular weight excluding hydrogens is 799 g/mol. The van der Waals surface area contributed by atoms with E-state index >= 15 is 0 Å². The third-order valence-corrected chi connectivity index (χ3v) is 9.62. The van der Waals surface area contributed by atoms with Crippen molar-refractivity contribution in [3.05, 3.63) is 0 Å². The number of amides is 8. The molecular formula is C36H65N9O13S. The van der Waals surface area contributed by atoms with Crippen LogP contribution in [0.25, 0.3) is 0 Å². The molecule has 338 valence electrons. The number of hydrogen-bond donors (Lipinski definition) is 13. The zero-order valence-electron chi connectivity index (χ0n) is 35.1. The Morgan fingerprint density at radius 1 is 0.610 bits per heavy atom. The molecule has 0 aliphatic rings. The summed E-state index contributed by atoms with van der Waals surface area (Å²) in [5, 5.41) is 58.7. The van der Waals surface area contributed by atoms with Crippen LogP contribution in [0.15, 0.2) is 0 Å². The lowest BCUT2D eigenvalue weighted by molar-refractivity contribution is -0.143. The number of carbonyl (C=O) groups is 9. The minimum Gasteiger partial charge on any atom is -0.480 e. The van der Waals surface area contributed by atoms with Gasteiger partial charge in [0.1, 0.15) is 42.3 Å². The Morgan fingerprint density at radius 2 is 1.08 bits per heavy atom. The van der Waals surface area contributed by atoms with E-state index in [-0.39, 0.29) is 12.3 Å². The third-order valence-electron chi connectivity index (χ3n) is 8.97. The number of aliphatic carboxylic acids is 1. The van der Waals surface area contributed by atoms with E-state index < -0.39 is 133 Å². The summed E-state index contributed by atoms with van der Waals surface area (Å²) < 4.78 is 0. The van der Waals surface area contributed by atoms with E-state index in [1.54, 1.807) is 27.7 Å². The average Bonchev–Trinajstić information content (AvgIpc) is 3.16. The van der Waals surface area contributed by atoms with Crippen LogP contribution in [0.5, 0.6) is 0 Å². The highest BCUT2D eigenvalue weighted by Crippen LogP contribution is 2.11. The van der Waals surface area contributed by atoms with Crippen molar-refractivity contribution in [3.63, 3.8) is 0 Å². The second-order valence-corrected chi connectivity index (χ2v) is 15.7. The predicted octanol–water partition coefficient (Wildman–Crippen LogP) is -4.45. The first-order chi connectivity index (χ1) is 27.4. The van der Waals surface area contributed by atoms with Gasteiger partial charge in [-0.05, 0) is 64.4 Å². The Balaban J connectivity index is 5.59. The molecule has 0 aromatic rings. The van der Waals surface area contributed by atoms with Crippen LogP contribution in [-0.4, -0.2) is 159 Å². The monoisotopic (exact) mass is 863 g/mol. The third kappa shape index (κ3) is 19.8. The SMILES string of the molecule is CCC(C)C(NC(=O)C(CO)NC(=O)CNC(=O)C(C)NC(=O)C(C)NC(=O)C(N)CCSC)C(=O)NC(C(=O)NC(C(=O)NC(CC(C)C)C(=O)O)C(C)O)C(C)O. The lowest BCUT2D eigenvalue weighted by Gasteiger charge is -2.30. The number of thioether (sulfide) groups is 1. The van der Waals surface area contributed by atoms with Crippen molar-refractivity contribution in [3.8, 4) is 0 Å². The van der Waals surface area contributed by atoms with Crippen molar-refractivity contribution in [2.75, 3.05) is 25.2 Å². The average molecular weight is 864 g/mol. The topological polar surface area (TPSA) is 357 Å². The van der Waals surface area contributed by atoms with Crippen molar-refractivity contribution < 1.29 is 63.6 Å². The molecule has 0 aromatic heterocycles. The number of carboxylic acid groups (broad SMARTS) is 1. The minimum absolute atomic E-state index is 0.0488. The number of carbonyl (C=O) groups excluding carboxylic acids is 8. The number of hydrogen-bond acceptors (Lipinski definition) is 14. The zero-order valence-corrected chi connectivity index (χ0v) is 35.9. The van der Waals surface area contributed by atoms with Crippen LogP contribution >= 0.6 is 11.8 Å². The molecule has 0 bridgehead atoms. The number of nitrogens with one attached hydrogen (secondary N) is 8. The molecule has 0 radical (unpaired) electrons. The van der Waals surface area contributed by atoms with E-state index in [2.05, 4.69) is 42.5 Å². The highest BCUT2D eigenvalue weighted by atomic mass is 32.2. The molecule has 0 saturated carbocycles. The predicted molar refractivity (Wildman–Crippen MR) is 216 cm³/mol. The smallest absolute Gasteiger partial charge is 0.326 e. The summed E-state index contributed by atoms with van der Waals surface area (Å²) in [7, 11) is 0. The van der Waals surface area contributed by atoms with Gasteiger partial charge in [0.15, 0.2) is 0 Å². The summed E-state index contributed by atoms with van der Waals surface area (Å²) in [6, 6.07) is -10.8. The van der Waals surface area contributed by atoms with Gasteiger partial charge in [0.25, 0.3) is 0 Å². The number of aliphatic hydroxyl groups excluding tert-OH is 3. The fraction of sp³-hybridized carbons (Fsp3) is 0.750. The van der Waals surface area contributed by atoms with E-state index in [4.69, 9.17) is 5.73 Å². The Bertz CT molecular complexity index is 1450. The second kappa shape index (κ2) is 27.2. The fourth-order valence-corrected chi connectivity index (χ4v) is 5.62. The van der Waals surface area contributed by atoms with Crippen LogP contribution in [0, 0.1) is 11.8 Å². The molecule has 0 fully saturated rings. The van der Waals surface area contributed by atoms with E-state index in [1.165, 1.54) is 25.6 Å². The first kappa shape index (κ1) is 54.4. The molecule has 0 aromatic carbocycles. The first-order valence-electron chi connectivity index (χ1n) is 19.3. The molecule has 59 heavy (non-hydrogen) atoms. The Morgan fingerprint density at radius 3 is 1.54 bits per heavy atom. The summed E-state index contributed by atoms with van der Waals surface area (Å²) in [5.74, 6) is -8.58. The molecule has 0 spiro atoms. The number of rotatable bonds is 27. The lowest BCUT2D eigenvalue weighted by atomic mass is 9.97. The lowest BCUT2D eigenvalue weighted by Crippen LogP contribution is -2.63. The summed E-state index contributed by atoms with van der Waals surface area (Å²) in [4.78, 5) is 115. The molecule has 11 unspecified atom stereocenters. The summed E-state index contributed by atoms with van der Waals surface area (Å²) >= 11 is 1.51. The summed E-state index contributed by atoms with van der Waals surface area (Å²) in [5.41, 5.74) is 5.81. The van der Waals surface area contributed by atoms with Gasteiger partial charge in [0.2, 0.25) is 47.3 Å². The van der Waals surface area contributed by atoms with Gasteiger partial charge in [-0.25, -0.2) is 4.79 Å². The standard InChI is InChI=1S/C36H65N9O13S/c1-10-17(4)26(33(54)44-28(21(8)48)35(56)45-27(20(7)47)34(55)42-23(36(57)58)13-16(2)3)43-32(53)24(15-46)41-25(49)14-38-29(50)18(5)39-30(51)19(6)40-31(52)22(37)11-12-59-9/h16-24,26-28,46-48H,10-15,37H2,1-9H3,(H,38,50)(H,39,51)(H,40,52)(H,41,49)(H,42,55)(H,43,53)(H,44,54)(H,45,56)(H,57,58). The fourth-order valence-electron chi connectivity index (χ4n) is 5.13. The van der Waals surface area contributed by atoms with E-state index in [9.17, 15) is 63.6 Å². The van der Waals surface area contributed by atoms with Crippen LogP contribution in [0.4, 0.5) is 0 Å². The van der Waals surface area contributed by atoms with Crippen molar-refractivity contribution >= 4 is 65.0 Å². The van der Waals surface area contributed by atoms with Gasteiger partial charge in [-0.3, -0.25) is 38.4 Å². The maximum atomic E-state index is 13.5. The largest absolute Gasteiger partial charge is 0.480 e. The number of carboxylic acids is 1. The summed E-state index contributed by atoms with van der Waals surface area (Å²) in [6.07, 6.45) is -0.528. The van der Waals surface area contributed by atoms with Gasteiger partial charge in [0, 0.05) is 0 Å². The van der Waals surface area contributed by atoms with Crippen molar-refractivity contribution in [1.82, 2.24) is 42.5 Å². The van der Waals surface area contributed by atoms with Gasteiger partial charge in [-0.1, -0.05) is 34.1 Å². The molecule has 0 heterocycles. The minimum atomic E-state index is -1.75. The maximum Gasteiger partial charge on any atom is 0.326 e. The molecule has 23 heteroatoms. The Hall–Kier alpha value is -4.58. The van der Waals surface area contributed by atoms with Crippen LogP contribution in [0.1, 0.15) is 74.7 Å². The highest BCUT2D eigenvalue weighted by molar-refractivity contribution is 7.98. The van der Waals surface area contributed by atoms with Gasteiger partial charge in [-0.15, -0.1) is 0 Å². The molecule has 8 amide bonds. The van der Waals surface area contributed by atoms with E-state index in [0.717, 1.165) is 13.8 Å². The van der Waals surface area contributed by atoms with Crippen molar-refractivity contribution in [2.45, 2.75) is 135 Å². The maximum absolute atomic E-state index is 13.5. The van der Waals surface area contributed by atoms with Crippen LogP contribution < -0.4 is 48.3 Å². The van der Waals surface area contributed by atoms with Crippen molar-refractivity contribution in [1.29, 1.82) is 0 Å². The molecule has 14 N–H and O–H groups in total. The highest BCUT2D eigenvalue weighted by Gasteiger charge is 2.37. The zero-order chi connectivity index (χ0) is 45.7. The molecule has 0 aliphatic heterocycles. The molecule has 0 saturated heterocycles. The van der Waals surface area contributed by atoms with Crippen LogP contribution in [0.3, 0.4) is 0 Å². The Kier molecular flexibility index (Phi) is 25.1. The van der Waals surface area contributed by atoms with E-state index in [0.29, 0.717) is 18.6 Å². The molecule has 22 nitrogen and oxygen atoms in total. The number of nitrogens with two attached hydrogens (primary N) is 1. The van der Waals surface area contributed by atoms with Gasteiger partial charge >= 0.3 is 5.97 Å². The van der Waals surface area contributed by atoms with Gasteiger partial charge in [-0.2, -0.15) is 11.8 Å². The molecule has 0 rings (SSSR count). The van der Waals surface area contributed by atoms with E-state index in [1.807, 2.05) is 6.26 Å². The molecule has 0 aliphatic carbocycles. The number of aliphatic hydroxyl groups is 3. The normalized spacial score (nSPS) is 16.8. The quantitative estimate of drug-likeness (QED) is 0.0371. The van der Waals surface area contributed by atoms with Crippen LogP contribution in [0.2, 0.25) is 0 Å². The Labute approximate surface area is 348 Å². The van der Waals surface area contributed by atoms with Crippen LogP contribution in [-0.2, 0) is 43.2 Å². The van der Waals surface area contributed by atoms with Crippen molar-refractivity contribution in [2.24, 2.45) is 17.6 Å². The summed E-state index contributed by atoms with van der Waals surface area (Å²) in [6.45, 7) is 10.1. The van der Waals surface area contributed by atoms with Gasteiger partial charge < -0.3 is 68.7 Å². The second-order valence-electron chi connectivity index (χ2n) is 14.7.